The number of ether oxygens (including phenoxy) is 1. The molecule has 2 atom stereocenters. The second kappa shape index (κ2) is 7.91. The van der Waals surface area contributed by atoms with Crippen molar-refractivity contribution in [3.05, 3.63) is 95.1 Å². The first kappa shape index (κ1) is 19.4. The van der Waals surface area contributed by atoms with E-state index in [1.165, 1.54) is 11.1 Å². The Bertz CT molecular complexity index is 1110. The van der Waals surface area contributed by atoms with Gasteiger partial charge < -0.3 is 15.2 Å². The second-order valence-corrected chi connectivity index (χ2v) is 8.13. The van der Waals surface area contributed by atoms with Crippen LogP contribution in [0.25, 0.3) is 11.1 Å². The summed E-state index contributed by atoms with van der Waals surface area (Å²) < 4.78 is 5.64. The van der Waals surface area contributed by atoms with Crippen molar-refractivity contribution in [2.45, 2.75) is 24.8 Å². The standard InChI is InChI=1S/C26H23NO4/c28-25(29)22-14-13-16-7-1-2-8-17(16)24(22)27-26(30)31-15-23-20-11-5-3-9-18(20)19-10-4-6-12-21(19)23/h1-12,22-24H,13-15H2,(H,27,30)(H,28,29)/t22-,24+/m1/s1. The number of fused-ring (bicyclic) bond motifs is 4. The molecule has 5 heteroatoms. The summed E-state index contributed by atoms with van der Waals surface area (Å²) in [5.41, 5.74) is 6.54. The van der Waals surface area contributed by atoms with Gasteiger partial charge in [0.15, 0.2) is 0 Å². The molecular weight excluding hydrogens is 390 g/mol. The first-order chi connectivity index (χ1) is 15.1. The fourth-order valence-electron chi connectivity index (χ4n) is 4.97. The lowest BCUT2D eigenvalue weighted by Gasteiger charge is -2.31. The van der Waals surface area contributed by atoms with E-state index >= 15 is 0 Å². The van der Waals surface area contributed by atoms with Gasteiger partial charge in [0.2, 0.25) is 0 Å². The molecule has 5 rings (SSSR count). The van der Waals surface area contributed by atoms with Crippen molar-refractivity contribution in [3.8, 4) is 11.1 Å². The maximum Gasteiger partial charge on any atom is 0.407 e. The van der Waals surface area contributed by atoms with E-state index in [1.54, 1.807) is 0 Å². The maximum atomic E-state index is 12.7. The fourth-order valence-corrected chi connectivity index (χ4v) is 4.97. The largest absolute Gasteiger partial charge is 0.481 e. The van der Waals surface area contributed by atoms with Gasteiger partial charge in [-0.3, -0.25) is 4.79 Å². The van der Waals surface area contributed by atoms with Crippen molar-refractivity contribution in [3.63, 3.8) is 0 Å². The monoisotopic (exact) mass is 413 g/mol. The van der Waals surface area contributed by atoms with Crippen LogP contribution in [0.4, 0.5) is 4.79 Å². The highest BCUT2D eigenvalue weighted by molar-refractivity contribution is 5.79. The van der Waals surface area contributed by atoms with Crippen molar-refractivity contribution in [2.24, 2.45) is 5.92 Å². The predicted octanol–water partition coefficient (Wildman–Crippen LogP) is 4.91. The number of aryl methyl sites for hydroxylation is 1. The number of amides is 1. The lowest BCUT2D eigenvalue weighted by Crippen LogP contribution is -2.40. The van der Waals surface area contributed by atoms with Crippen molar-refractivity contribution < 1.29 is 19.4 Å². The van der Waals surface area contributed by atoms with Gasteiger partial charge in [-0.05, 0) is 46.2 Å². The minimum atomic E-state index is -0.904. The van der Waals surface area contributed by atoms with Crippen LogP contribution >= 0.6 is 0 Å². The van der Waals surface area contributed by atoms with Gasteiger partial charge in [0.25, 0.3) is 0 Å². The Hall–Kier alpha value is -3.60. The van der Waals surface area contributed by atoms with Crippen molar-refractivity contribution in [1.29, 1.82) is 0 Å². The summed E-state index contributed by atoms with van der Waals surface area (Å²) in [5.74, 6) is -1.61. The lowest BCUT2D eigenvalue weighted by molar-refractivity contribution is -0.143. The number of aliphatic carboxylic acids is 1. The highest BCUT2D eigenvalue weighted by Gasteiger charge is 2.36. The third kappa shape index (κ3) is 3.46. The molecule has 2 aliphatic rings. The number of benzene rings is 3. The topological polar surface area (TPSA) is 75.6 Å². The maximum absolute atomic E-state index is 12.7. The van der Waals surface area contributed by atoms with E-state index < -0.39 is 24.0 Å². The minimum Gasteiger partial charge on any atom is -0.481 e. The summed E-state index contributed by atoms with van der Waals surface area (Å²) in [6, 6.07) is 23.4. The molecule has 0 fully saturated rings. The first-order valence-corrected chi connectivity index (χ1v) is 10.6. The molecule has 3 aromatic rings. The van der Waals surface area contributed by atoms with Gasteiger partial charge in [-0.25, -0.2) is 4.79 Å². The van der Waals surface area contributed by atoms with E-state index in [4.69, 9.17) is 4.74 Å². The lowest BCUT2D eigenvalue weighted by atomic mass is 9.80. The third-order valence-corrected chi connectivity index (χ3v) is 6.45. The molecule has 1 amide bonds. The Morgan fingerprint density at radius 3 is 2.10 bits per heavy atom. The molecule has 2 aliphatic carbocycles. The summed E-state index contributed by atoms with van der Waals surface area (Å²) in [6.45, 7) is 0.200. The number of hydrogen-bond acceptors (Lipinski definition) is 3. The normalized spacial score (nSPS) is 19.1. The Labute approximate surface area is 180 Å². The molecule has 2 N–H and O–H groups in total. The molecule has 0 aromatic heterocycles. The van der Waals surface area contributed by atoms with Crippen LogP contribution < -0.4 is 5.32 Å². The summed E-state index contributed by atoms with van der Waals surface area (Å²) in [6.07, 6.45) is 0.589. The highest BCUT2D eigenvalue weighted by atomic mass is 16.5. The minimum absolute atomic E-state index is 0.0351. The Balaban J connectivity index is 1.34. The van der Waals surface area contributed by atoms with Gasteiger partial charge in [-0.15, -0.1) is 0 Å². The predicted molar refractivity (Wildman–Crippen MR) is 117 cm³/mol. The molecule has 0 heterocycles. The van der Waals surface area contributed by atoms with Gasteiger partial charge in [-0.1, -0.05) is 72.8 Å². The Morgan fingerprint density at radius 1 is 0.871 bits per heavy atom. The van der Waals surface area contributed by atoms with Crippen LogP contribution in [0.3, 0.4) is 0 Å². The zero-order valence-corrected chi connectivity index (χ0v) is 17.0. The third-order valence-electron chi connectivity index (χ3n) is 6.45. The van der Waals surface area contributed by atoms with Crippen LogP contribution in [-0.2, 0) is 16.0 Å². The molecule has 5 nitrogen and oxygen atoms in total. The van der Waals surface area contributed by atoms with E-state index in [9.17, 15) is 14.7 Å². The molecule has 31 heavy (non-hydrogen) atoms. The number of carbonyl (C=O) groups excluding carboxylic acids is 1. The Kier molecular flexibility index (Phi) is 4.94. The van der Waals surface area contributed by atoms with Crippen molar-refractivity contribution >= 4 is 12.1 Å². The molecule has 0 spiro atoms. The van der Waals surface area contributed by atoms with Crippen molar-refractivity contribution in [1.82, 2.24) is 5.32 Å². The average Bonchev–Trinajstić information content (AvgIpc) is 3.11. The van der Waals surface area contributed by atoms with E-state index in [1.807, 2.05) is 48.5 Å². The van der Waals surface area contributed by atoms with E-state index in [-0.39, 0.29) is 12.5 Å². The smallest absolute Gasteiger partial charge is 0.407 e. The number of carboxylic acids is 1. The van der Waals surface area contributed by atoms with Crippen LogP contribution in [0.2, 0.25) is 0 Å². The zero-order chi connectivity index (χ0) is 21.4. The molecular formula is C26H23NO4. The van der Waals surface area contributed by atoms with Crippen LogP contribution in [0.5, 0.6) is 0 Å². The van der Waals surface area contributed by atoms with Gasteiger partial charge in [0, 0.05) is 5.92 Å². The SMILES string of the molecule is O=C(N[C@H]1c2ccccc2CC[C@H]1C(=O)O)OCC1c2ccccc2-c2ccccc21. The number of alkyl carbamates (subject to hydrolysis) is 1. The van der Waals surface area contributed by atoms with E-state index in [0.29, 0.717) is 12.8 Å². The van der Waals surface area contributed by atoms with Gasteiger partial charge in [-0.2, -0.15) is 0 Å². The molecule has 0 aliphatic heterocycles. The first-order valence-electron chi connectivity index (χ1n) is 10.6. The summed E-state index contributed by atoms with van der Waals surface area (Å²) in [4.78, 5) is 24.5. The van der Waals surface area contributed by atoms with Crippen LogP contribution in [0.1, 0.15) is 40.6 Å². The summed E-state index contributed by atoms with van der Waals surface area (Å²) >= 11 is 0. The van der Waals surface area contributed by atoms with Crippen molar-refractivity contribution in [2.75, 3.05) is 6.61 Å². The van der Waals surface area contributed by atoms with E-state index in [2.05, 4.69) is 29.6 Å². The van der Waals surface area contributed by atoms with Gasteiger partial charge >= 0.3 is 12.1 Å². The average molecular weight is 413 g/mol. The molecule has 0 radical (unpaired) electrons. The Morgan fingerprint density at radius 2 is 1.45 bits per heavy atom. The number of hydrogen-bond donors (Lipinski definition) is 2. The number of carbonyl (C=O) groups is 2. The van der Waals surface area contributed by atoms with E-state index in [0.717, 1.165) is 22.3 Å². The van der Waals surface area contributed by atoms with Gasteiger partial charge in [0.05, 0.1) is 12.0 Å². The molecule has 0 saturated carbocycles. The fraction of sp³-hybridized carbons (Fsp3) is 0.231. The summed E-state index contributed by atoms with van der Waals surface area (Å²) in [7, 11) is 0. The van der Waals surface area contributed by atoms with Crippen LogP contribution in [-0.4, -0.2) is 23.8 Å². The number of nitrogens with one attached hydrogen (secondary N) is 1. The molecule has 0 saturated heterocycles. The molecule has 156 valence electrons. The second-order valence-electron chi connectivity index (χ2n) is 8.13. The summed E-state index contributed by atoms with van der Waals surface area (Å²) in [5, 5.41) is 12.5. The molecule has 0 unspecified atom stereocenters. The van der Waals surface area contributed by atoms with Gasteiger partial charge in [0.1, 0.15) is 6.61 Å². The number of carboxylic acid groups (broad SMARTS) is 1. The molecule has 3 aromatic carbocycles. The zero-order valence-electron chi connectivity index (χ0n) is 17.0. The highest BCUT2D eigenvalue weighted by Crippen LogP contribution is 2.44. The van der Waals surface area contributed by atoms with Crippen LogP contribution in [0.15, 0.2) is 72.8 Å². The molecule has 0 bridgehead atoms. The van der Waals surface area contributed by atoms with Crippen LogP contribution in [0, 0.1) is 5.92 Å². The number of rotatable bonds is 4. The quantitative estimate of drug-likeness (QED) is 0.637.